The van der Waals surface area contributed by atoms with Crippen LogP contribution in [0.3, 0.4) is 0 Å². The summed E-state index contributed by atoms with van der Waals surface area (Å²) in [5.41, 5.74) is 0.478. The second-order valence-electron chi connectivity index (χ2n) is 5.11. The number of rotatable bonds is 4. The predicted molar refractivity (Wildman–Crippen MR) is 77.4 cm³/mol. The third kappa shape index (κ3) is 2.86. The Labute approximate surface area is 126 Å². The lowest BCUT2D eigenvalue weighted by atomic mass is 10.1. The average molecular weight is 302 g/mol. The third-order valence-corrected chi connectivity index (χ3v) is 3.66. The first kappa shape index (κ1) is 14.3. The van der Waals surface area contributed by atoms with Gasteiger partial charge < -0.3 is 14.6 Å². The van der Waals surface area contributed by atoms with E-state index < -0.39 is 11.7 Å². The van der Waals surface area contributed by atoms with Crippen molar-refractivity contribution in [1.82, 2.24) is 5.32 Å². The van der Waals surface area contributed by atoms with Crippen LogP contribution >= 0.6 is 0 Å². The van der Waals surface area contributed by atoms with E-state index in [-0.39, 0.29) is 18.4 Å². The van der Waals surface area contributed by atoms with Crippen molar-refractivity contribution in [3.8, 4) is 0 Å². The molecule has 0 saturated carbocycles. The fourth-order valence-corrected chi connectivity index (χ4v) is 2.53. The van der Waals surface area contributed by atoms with Gasteiger partial charge in [-0.05, 0) is 36.8 Å². The number of carbonyl (C=O) groups excluding carboxylic acids is 2. The van der Waals surface area contributed by atoms with Crippen molar-refractivity contribution in [1.29, 1.82) is 0 Å². The fourth-order valence-electron chi connectivity index (χ4n) is 2.53. The molecule has 6 heteroatoms. The topological polar surface area (TPSA) is 62.6 Å². The number of carbonyl (C=O) groups is 2. The van der Waals surface area contributed by atoms with Crippen molar-refractivity contribution >= 4 is 17.5 Å². The summed E-state index contributed by atoms with van der Waals surface area (Å²) < 4.78 is 18.4. The molecule has 0 bridgehead atoms. The maximum absolute atomic E-state index is 13.3. The third-order valence-electron chi connectivity index (χ3n) is 3.66. The highest BCUT2D eigenvalue weighted by Gasteiger charge is 2.37. The highest BCUT2D eigenvalue weighted by Crippen LogP contribution is 2.25. The van der Waals surface area contributed by atoms with Gasteiger partial charge in [-0.1, -0.05) is 6.07 Å². The van der Waals surface area contributed by atoms with Gasteiger partial charge >= 0.3 is 0 Å². The number of halogens is 1. The van der Waals surface area contributed by atoms with E-state index in [0.29, 0.717) is 24.4 Å². The molecule has 0 aliphatic carbocycles. The smallest absolute Gasteiger partial charge is 0.239 e. The van der Waals surface area contributed by atoms with Crippen LogP contribution in [0.2, 0.25) is 0 Å². The molecule has 2 amide bonds. The lowest BCUT2D eigenvalue weighted by Crippen LogP contribution is -2.36. The second kappa shape index (κ2) is 6.01. The van der Waals surface area contributed by atoms with Gasteiger partial charge in [0.1, 0.15) is 17.5 Å². The van der Waals surface area contributed by atoms with Crippen LogP contribution in [0.25, 0.3) is 0 Å². The Morgan fingerprint density at radius 3 is 2.95 bits per heavy atom. The Morgan fingerprint density at radius 2 is 2.23 bits per heavy atom. The molecule has 1 aliphatic rings. The minimum Gasteiger partial charge on any atom is -0.467 e. The lowest BCUT2D eigenvalue weighted by molar-refractivity contribution is -0.132. The van der Waals surface area contributed by atoms with Gasteiger partial charge in [0.25, 0.3) is 0 Å². The number of hydrogen-bond acceptors (Lipinski definition) is 3. The van der Waals surface area contributed by atoms with E-state index in [1.54, 1.807) is 24.3 Å². The fraction of sp³-hybridized carbons (Fsp3) is 0.250. The first-order valence-corrected chi connectivity index (χ1v) is 7.02. The van der Waals surface area contributed by atoms with Crippen molar-refractivity contribution in [2.24, 2.45) is 5.92 Å². The number of anilines is 1. The molecular weight excluding hydrogens is 287 g/mol. The Balaban J connectivity index is 1.64. The highest BCUT2D eigenvalue weighted by molar-refractivity contribution is 6.09. The molecule has 0 spiro atoms. The molecule has 0 radical (unpaired) electrons. The summed E-state index contributed by atoms with van der Waals surface area (Å²) in [5, 5.41) is 2.69. The van der Waals surface area contributed by atoms with Crippen LogP contribution < -0.4 is 10.2 Å². The Kier molecular flexibility index (Phi) is 3.91. The summed E-state index contributed by atoms with van der Waals surface area (Å²) in [7, 11) is 0. The number of nitrogens with zero attached hydrogens (tertiary/aromatic N) is 1. The van der Waals surface area contributed by atoms with E-state index >= 15 is 0 Å². The minimum atomic E-state index is -0.738. The van der Waals surface area contributed by atoms with Crippen LogP contribution in [0.4, 0.5) is 10.1 Å². The number of amides is 2. The SMILES string of the molecule is O=C(NCc1ccco1)C1CCN(c2cccc(F)c2)C1=O. The van der Waals surface area contributed by atoms with Crippen LogP contribution in [0.5, 0.6) is 0 Å². The quantitative estimate of drug-likeness (QED) is 0.880. The summed E-state index contributed by atoms with van der Waals surface area (Å²) in [6, 6.07) is 9.29. The van der Waals surface area contributed by atoms with Gasteiger partial charge in [0, 0.05) is 12.2 Å². The van der Waals surface area contributed by atoms with Gasteiger partial charge in [-0.3, -0.25) is 9.59 Å². The van der Waals surface area contributed by atoms with Crippen molar-refractivity contribution in [2.45, 2.75) is 13.0 Å². The van der Waals surface area contributed by atoms with E-state index in [1.165, 1.54) is 23.3 Å². The summed E-state index contributed by atoms with van der Waals surface area (Å²) in [6.45, 7) is 0.650. The van der Waals surface area contributed by atoms with Crippen molar-refractivity contribution in [3.63, 3.8) is 0 Å². The Hall–Kier alpha value is -2.63. The van der Waals surface area contributed by atoms with Crippen LogP contribution in [0.15, 0.2) is 47.1 Å². The number of nitrogens with one attached hydrogen (secondary N) is 1. The van der Waals surface area contributed by atoms with Gasteiger partial charge in [0.05, 0.1) is 12.8 Å². The van der Waals surface area contributed by atoms with E-state index in [0.717, 1.165) is 0 Å². The van der Waals surface area contributed by atoms with Crippen LogP contribution in [0.1, 0.15) is 12.2 Å². The van der Waals surface area contributed by atoms with Crippen molar-refractivity contribution in [2.75, 3.05) is 11.4 Å². The van der Waals surface area contributed by atoms with E-state index in [1.807, 2.05) is 0 Å². The highest BCUT2D eigenvalue weighted by atomic mass is 19.1. The van der Waals surface area contributed by atoms with E-state index in [9.17, 15) is 14.0 Å². The molecule has 2 heterocycles. The molecule has 1 fully saturated rings. The Morgan fingerprint density at radius 1 is 1.36 bits per heavy atom. The first-order valence-electron chi connectivity index (χ1n) is 7.02. The standard InChI is InChI=1S/C16H15FN2O3/c17-11-3-1-4-12(9-11)19-7-6-14(16(19)21)15(20)18-10-13-5-2-8-22-13/h1-5,8-9,14H,6-7,10H2,(H,18,20). The number of hydrogen-bond donors (Lipinski definition) is 1. The largest absolute Gasteiger partial charge is 0.467 e. The molecule has 1 aromatic carbocycles. The predicted octanol–water partition coefficient (Wildman–Crippen LogP) is 2.09. The molecule has 2 aromatic rings. The van der Waals surface area contributed by atoms with Gasteiger partial charge in [-0.2, -0.15) is 0 Å². The van der Waals surface area contributed by atoms with Gasteiger partial charge in [-0.15, -0.1) is 0 Å². The first-order chi connectivity index (χ1) is 10.6. The Bertz CT molecular complexity index is 684. The molecule has 1 saturated heterocycles. The normalized spacial score (nSPS) is 17.8. The molecule has 3 rings (SSSR count). The van der Waals surface area contributed by atoms with Gasteiger partial charge in [0.2, 0.25) is 11.8 Å². The van der Waals surface area contributed by atoms with Gasteiger partial charge in [-0.25, -0.2) is 4.39 Å². The summed E-state index contributed by atoms with van der Waals surface area (Å²) in [6.07, 6.45) is 1.94. The molecule has 1 aromatic heterocycles. The maximum atomic E-state index is 13.3. The molecule has 1 atom stereocenters. The molecule has 1 unspecified atom stereocenters. The number of furan rings is 1. The molecule has 5 nitrogen and oxygen atoms in total. The zero-order valence-corrected chi connectivity index (χ0v) is 11.8. The lowest BCUT2D eigenvalue weighted by Gasteiger charge is -2.16. The van der Waals surface area contributed by atoms with Crippen LogP contribution in [-0.2, 0) is 16.1 Å². The molecule has 22 heavy (non-hydrogen) atoms. The van der Waals surface area contributed by atoms with E-state index in [4.69, 9.17) is 4.42 Å². The van der Waals surface area contributed by atoms with Gasteiger partial charge in [0.15, 0.2) is 0 Å². The molecule has 114 valence electrons. The monoisotopic (exact) mass is 302 g/mol. The molecular formula is C16H15FN2O3. The summed E-state index contributed by atoms with van der Waals surface area (Å²) in [4.78, 5) is 25.9. The summed E-state index contributed by atoms with van der Waals surface area (Å²) in [5.74, 6) is -1.15. The van der Waals surface area contributed by atoms with Crippen molar-refractivity contribution in [3.05, 3.63) is 54.2 Å². The molecule has 1 N–H and O–H groups in total. The summed E-state index contributed by atoms with van der Waals surface area (Å²) >= 11 is 0. The molecule has 1 aliphatic heterocycles. The van der Waals surface area contributed by atoms with E-state index in [2.05, 4.69) is 5.32 Å². The minimum absolute atomic E-state index is 0.246. The number of benzene rings is 1. The van der Waals surface area contributed by atoms with Crippen molar-refractivity contribution < 1.29 is 18.4 Å². The maximum Gasteiger partial charge on any atom is 0.239 e. The average Bonchev–Trinajstić information content (AvgIpc) is 3.14. The second-order valence-corrected chi connectivity index (χ2v) is 5.11. The zero-order valence-electron chi connectivity index (χ0n) is 11.8. The zero-order chi connectivity index (χ0) is 15.5. The van der Waals surface area contributed by atoms with Crippen LogP contribution in [-0.4, -0.2) is 18.4 Å². The van der Waals surface area contributed by atoms with Crippen LogP contribution in [0, 0.1) is 11.7 Å².